The molecule has 0 saturated heterocycles. The van der Waals surface area contributed by atoms with Crippen LogP contribution < -0.4 is 10.1 Å². The topological polar surface area (TPSA) is 63.5 Å². The molecule has 1 atom stereocenters. The number of nitrogens with one attached hydrogen (secondary N) is 1. The number of aliphatic hydroxyl groups excluding tert-OH is 1. The molecule has 0 saturated carbocycles. The third-order valence-electron chi connectivity index (χ3n) is 4.48. The van der Waals surface area contributed by atoms with E-state index >= 15 is 0 Å². The molecule has 9 heteroatoms. The Morgan fingerprint density at radius 3 is 2.50 bits per heavy atom. The zero-order valence-corrected chi connectivity index (χ0v) is 16.5. The van der Waals surface area contributed by atoms with E-state index in [-0.39, 0.29) is 21.9 Å². The number of aliphatic hydroxyl groups is 1. The monoisotopic (exact) mass is 438 g/mol. The van der Waals surface area contributed by atoms with Crippen molar-refractivity contribution in [3.63, 3.8) is 0 Å². The maximum atomic E-state index is 13.1. The second-order valence-corrected chi connectivity index (χ2v) is 6.81. The number of hydrogen-bond acceptors (Lipinski definition) is 3. The van der Waals surface area contributed by atoms with E-state index in [1.807, 2.05) is 12.1 Å². The van der Waals surface area contributed by atoms with E-state index in [1.165, 1.54) is 31.4 Å². The van der Waals surface area contributed by atoms with Gasteiger partial charge in [0, 0.05) is 25.0 Å². The van der Waals surface area contributed by atoms with Crippen LogP contribution in [0.3, 0.4) is 0 Å². The molecule has 3 rings (SSSR count). The van der Waals surface area contributed by atoms with Gasteiger partial charge in [-0.25, -0.2) is 0 Å². The minimum atomic E-state index is -4.62. The van der Waals surface area contributed by atoms with Gasteiger partial charge in [0.25, 0.3) is 5.91 Å². The predicted molar refractivity (Wildman–Crippen MR) is 106 cm³/mol. The van der Waals surface area contributed by atoms with Gasteiger partial charge in [0.15, 0.2) is 0 Å². The maximum Gasteiger partial charge on any atom is 0.416 e. The zero-order chi connectivity index (χ0) is 21.9. The lowest BCUT2D eigenvalue weighted by atomic mass is 10.0. The van der Waals surface area contributed by atoms with Gasteiger partial charge in [0.1, 0.15) is 5.75 Å². The van der Waals surface area contributed by atoms with Gasteiger partial charge >= 0.3 is 6.18 Å². The minimum Gasteiger partial charge on any atom is -0.496 e. The first-order valence-corrected chi connectivity index (χ1v) is 9.23. The van der Waals surface area contributed by atoms with Crippen molar-refractivity contribution in [3.05, 3.63) is 82.6 Å². The number of amides is 1. The summed E-state index contributed by atoms with van der Waals surface area (Å²) in [5.74, 6) is -0.415. The Morgan fingerprint density at radius 2 is 1.87 bits per heavy atom. The van der Waals surface area contributed by atoms with Gasteiger partial charge in [-0.3, -0.25) is 4.79 Å². The Labute approximate surface area is 175 Å². The van der Waals surface area contributed by atoms with Gasteiger partial charge in [-0.05, 0) is 29.8 Å². The number of methoxy groups -OCH3 is 1. The lowest BCUT2D eigenvalue weighted by Gasteiger charge is -2.18. The number of aromatic nitrogens is 1. The number of alkyl halides is 3. The number of nitrogens with zero attached hydrogens (tertiary/aromatic N) is 1. The van der Waals surface area contributed by atoms with Crippen LogP contribution in [0.25, 0.3) is 5.69 Å². The van der Waals surface area contributed by atoms with Crippen LogP contribution in [0.5, 0.6) is 5.75 Å². The summed E-state index contributed by atoms with van der Waals surface area (Å²) in [5.41, 5.74) is -0.592. The summed E-state index contributed by atoms with van der Waals surface area (Å²) in [6, 6.07) is 11.3. The molecule has 0 aliphatic rings. The number of ether oxygens (including phenoxy) is 1. The van der Waals surface area contributed by atoms with Gasteiger partial charge in [-0.2, -0.15) is 13.2 Å². The zero-order valence-electron chi connectivity index (χ0n) is 15.8. The molecular formula is C21H18ClF3N2O3. The highest BCUT2D eigenvalue weighted by atomic mass is 35.5. The third-order valence-corrected chi connectivity index (χ3v) is 4.78. The second-order valence-electron chi connectivity index (χ2n) is 6.41. The Hall–Kier alpha value is -2.97. The Morgan fingerprint density at radius 1 is 1.20 bits per heavy atom. The van der Waals surface area contributed by atoms with Crippen molar-refractivity contribution in [3.8, 4) is 11.4 Å². The van der Waals surface area contributed by atoms with Crippen molar-refractivity contribution in [2.75, 3.05) is 13.7 Å². The Bertz CT molecular complexity index is 1040. The van der Waals surface area contributed by atoms with Crippen LogP contribution in [0.2, 0.25) is 5.02 Å². The van der Waals surface area contributed by atoms with Crippen LogP contribution in [-0.4, -0.2) is 29.2 Å². The van der Waals surface area contributed by atoms with Gasteiger partial charge < -0.3 is 19.7 Å². The molecule has 0 aliphatic carbocycles. The number of rotatable bonds is 6. The van der Waals surface area contributed by atoms with Crippen LogP contribution in [0.15, 0.2) is 60.9 Å². The summed E-state index contributed by atoms with van der Waals surface area (Å²) in [4.78, 5) is 12.6. The van der Waals surface area contributed by atoms with E-state index in [0.29, 0.717) is 5.69 Å². The molecule has 1 amide bonds. The number of carbonyl (C=O) groups is 1. The molecule has 0 bridgehead atoms. The van der Waals surface area contributed by atoms with Crippen LogP contribution in [-0.2, 0) is 6.18 Å². The van der Waals surface area contributed by atoms with Crippen LogP contribution in [0.1, 0.15) is 27.6 Å². The van der Waals surface area contributed by atoms with Gasteiger partial charge in [0.05, 0.1) is 35.1 Å². The smallest absolute Gasteiger partial charge is 0.416 e. The SMILES string of the molecule is COc1cc(-n2cccc2)c(Cl)cc1C(=O)NCC(O)c1ccccc1C(F)(F)F. The standard InChI is InChI=1S/C21H18ClF3N2O3/c1-30-19-11-17(27-8-4-5-9-27)16(22)10-14(19)20(29)26-12-18(28)13-6-2-3-7-15(13)21(23,24)25/h2-11,18,28H,12H2,1H3,(H,26,29). The Balaban J connectivity index is 1.79. The van der Waals surface area contributed by atoms with Gasteiger partial charge in [0.2, 0.25) is 0 Å². The van der Waals surface area contributed by atoms with Crippen LogP contribution in [0, 0.1) is 0 Å². The van der Waals surface area contributed by atoms with Crippen molar-refractivity contribution in [2.24, 2.45) is 0 Å². The second kappa shape index (κ2) is 8.81. The lowest BCUT2D eigenvalue weighted by Crippen LogP contribution is -2.29. The lowest BCUT2D eigenvalue weighted by molar-refractivity contribution is -0.139. The van der Waals surface area contributed by atoms with Crippen LogP contribution in [0.4, 0.5) is 13.2 Å². The summed E-state index contributed by atoms with van der Waals surface area (Å²) in [5, 5.41) is 12.9. The van der Waals surface area contributed by atoms with Gasteiger partial charge in [-0.15, -0.1) is 0 Å². The molecule has 0 radical (unpaired) electrons. The van der Waals surface area contributed by atoms with E-state index in [0.717, 1.165) is 6.07 Å². The van der Waals surface area contributed by atoms with Crippen molar-refractivity contribution < 1.29 is 27.8 Å². The van der Waals surface area contributed by atoms with Crippen molar-refractivity contribution >= 4 is 17.5 Å². The van der Waals surface area contributed by atoms with E-state index < -0.39 is 30.3 Å². The first-order valence-electron chi connectivity index (χ1n) is 8.85. The molecule has 2 aromatic carbocycles. The normalized spacial score (nSPS) is 12.5. The van der Waals surface area contributed by atoms with E-state index in [1.54, 1.807) is 23.0 Å². The molecule has 30 heavy (non-hydrogen) atoms. The molecule has 2 N–H and O–H groups in total. The number of benzene rings is 2. The number of hydrogen-bond donors (Lipinski definition) is 2. The molecule has 1 aromatic heterocycles. The van der Waals surface area contributed by atoms with Crippen LogP contribution >= 0.6 is 11.6 Å². The highest BCUT2D eigenvalue weighted by Crippen LogP contribution is 2.34. The van der Waals surface area contributed by atoms with Crippen molar-refractivity contribution in [1.29, 1.82) is 0 Å². The van der Waals surface area contributed by atoms with E-state index in [2.05, 4.69) is 5.32 Å². The first kappa shape index (κ1) is 21.7. The van der Waals surface area contributed by atoms with Crippen molar-refractivity contribution in [1.82, 2.24) is 9.88 Å². The summed E-state index contributed by atoms with van der Waals surface area (Å²) < 4.78 is 46.4. The average Bonchev–Trinajstić information content (AvgIpc) is 3.25. The quantitative estimate of drug-likeness (QED) is 0.590. The average molecular weight is 439 g/mol. The fourth-order valence-corrected chi connectivity index (χ4v) is 3.28. The molecule has 0 fully saturated rings. The summed E-state index contributed by atoms with van der Waals surface area (Å²) in [6.45, 7) is -0.425. The maximum absolute atomic E-state index is 13.1. The predicted octanol–water partition coefficient (Wildman–Crippen LogP) is 4.62. The summed E-state index contributed by atoms with van der Waals surface area (Å²) >= 11 is 6.29. The molecule has 3 aromatic rings. The molecule has 0 spiro atoms. The molecule has 5 nitrogen and oxygen atoms in total. The number of halogens is 4. The highest BCUT2D eigenvalue weighted by Gasteiger charge is 2.34. The summed E-state index contributed by atoms with van der Waals surface area (Å²) in [6.07, 6.45) is -2.62. The van der Waals surface area contributed by atoms with E-state index in [9.17, 15) is 23.1 Å². The molecule has 158 valence electrons. The third kappa shape index (κ3) is 4.60. The fraction of sp³-hybridized carbons (Fsp3) is 0.190. The largest absolute Gasteiger partial charge is 0.496 e. The minimum absolute atomic E-state index is 0.0923. The Kier molecular flexibility index (Phi) is 6.38. The van der Waals surface area contributed by atoms with E-state index in [4.69, 9.17) is 16.3 Å². The molecule has 1 heterocycles. The van der Waals surface area contributed by atoms with Gasteiger partial charge in [-0.1, -0.05) is 29.8 Å². The number of carbonyl (C=O) groups excluding carboxylic acids is 1. The van der Waals surface area contributed by atoms with Crippen molar-refractivity contribution in [2.45, 2.75) is 12.3 Å². The first-order chi connectivity index (χ1) is 14.2. The fourth-order valence-electron chi connectivity index (χ4n) is 3.02. The molecular weight excluding hydrogens is 421 g/mol. The molecule has 0 aliphatic heterocycles. The summed E-state index contributed by atoms with van der Waals surface area (Å²) in [7, 11) is 1.38. The highest BCUT2D eigenvalue weighted by molar-refractivity contribution is 6.33. The molecule has 1 unspecified atom stereocenters.